The number of nitrogens with zero attached hydrogens (tertiary/aromatic N) is 2. The molecule has 0 unspecified atom stereocenters. The number of imidazole rings is 1. The molecule has 1 aromatic heterocycles. The van der Waals surface area contributed by atoms with Gasteiger partial charge in [0.25, 0.3) is 5.82 Å². The maximum atomic E-state index is 2.64. The molecule has 0 amide bonds. The van der Waals surface area contributed by atoms with Crippen molar-refractivity contribution in [2.45, 2.75) is 252 Å². The fraction of sp³-hybridized carbons (Fsp3) is 0.929. The average Bonchev–Trinajstić information content (AvgIpc) is 3.42. The molecule has 0 aliphatic heterocycles. The molecular weight excluding hydrogens is 532 g/mol. The third kappa shape index (κ3) is 25.4. The Bertz CT molecular complexity index is 677. The van der Waals surface area contributed by atoms with Gasteiger partial charge in [-0.05, 0) is 32.1 Å². The molecule has 0 aromatic carbocycles. The molecule has 1 aromatic rings. The largest absolute Gasteiger partial charge is 0.256 e. The zero-order valence-corrected chi connectivity index (χ0v) is 31.0. The predicted octanol–water partition coefficient (Wildman–Crippen LogP) is 14.3. The van der Waals surface area contributed by atoms with Gasteiger partial charge in [0.1, 0.15) is 12.4 Å². The van der Waals surface area contributed by atoms with Crippen molar-refractivity contribution in [1.82, 2.24) is 4.57 Å². The molecular formula is C42H83N2+. The highest BCUT2D eigenvalue weighted by Crippen LogP contribution is 2.15. The smallest absolute Gasteiger partial charge is 0.234 e. The van der Waals surface area contributed by atoms with Gasteiger partial charge < -0.3 is 0 Å². The van der Waals surface area contributed by atoms with Crippen LogP contribution in [0.25, 0.3) is 0 Å². The van der Waals surface area contributed by atoms with E-state index in [4.69, 9.17) is 0 Å². The number of hydrogen-bond acceptors (Lipinski definition) is 0. The number of aromatic nitrogens is 2. The van der Waals surface area contributed by atoms with Crippen LogP contribution in [-0.4, -0.2) is 4.57 Å². The third-order valence-electron chi connectivity index (χ3n) is 10.1. The first-order valence-electron chi connectivity index (χ1n) is 20.9. The highest BCUT2D eigenvalue weighted by Gasteiger charge is 2.16. The van der Waals surface area contributed by atoms with Crippen molar-refractivity contribution < 1.29 is 4.57 Å². The van der Waals surface area contributed by atoms with Crippen molar-refractivity contribution in [3.63, 3.8) is 0 Å². The summed E-state index contributed by atoms with van der Waals surface area (Å²) in [7, 11) is 0. The second-order valence-electron chi connectivity index (χ2n) is 14.5. The van der Waals surface area contributed by atoms with Gasteiger partial charge in [0.05, 0.1) is 13.1 Å². The Labute approximate surface area is 279 Å². The number of aryl methyl sites for hydroxylation is 2. The molecule has 0 aliphatic carbocycles. The van der Waals surface area contributed by atoms with Crippen LogP contribution >= 0.6 is 0 Å². The quantitative estimate of drug-likeness (QED) is 0.0524. The number of hydrogen-bond donors (Lipinski definition) is 0. The van der Waals surface area contributed by atoms with Crippen LogP contribution < -0.4 is 4.57 Å². The Morgan fingerprint density at radius 2 is 0.705 bits per heavy atom. The lowest BCUT2D eigenvalue weighted by molar-refractivity contribution is -0.704. The lowest BCUT2D eigenvalue weighted by Gasteiger charge is -2.07. The molecule has 0 spiro atoms. The van der Waals surface area contributed by atoms with Crippen molar-refractivity contribution in [3.05, 3.63) is 18.2 Å². The van der Waals surface area contributed by atoms with Crippen molar-refractivity contribution in [1.29, 1.82) is 0 Å². The molecule has 0 radical (unpaired) electrons. The first-order chi connectivity index (χ1) is 21.8. The number of unbranched alkanes of at least 4 members (excludes halogenated alkanes) is 30. The summed E-state index contributed by atoms with van der Waals surface area (Å²) in [6, 6.07) is 0. The van der Waals surface area contributed by atoms with Gasteiger partial charge in [-0.2, -0.15) is 0 Å². The Kier molecular flexibility index (Phi) is 31.5. The second-order valence-corrected chi connectivity index (χ2v) is 14.5. The van der Waals surface area contributed by atoms with E-state index >= 15 is 0 Å². The fourth-order valence-electron chi connectivity index (χ4n) is 7.03. The average molecular weight is 616 g/mol. The summed E-state index contributed by atoms with van der Waals surface area (Å²) in [5.41, 5.74) is 0. The maximum absolute atomic E-state index is 2.64. The van der Waals surface area contributed by atoms with Gasteiger partial charge in [0, 0.05) is 6.42 Å². The van der Waals surface area contributed by atoms with E-state index < -0.39 is 0 Å². The lowest BCUT2D eigenvalue weighted by Crippen LogP contribution is -2.37. The summed E-state index contributed by atoms with van der Waals surface area (Å²) >= 11 is 0. The normalized spacial score (nSPS) is 11.6. The SMILES string of the molecule is CCCCCCCCCCCCCCCCC[n+]1ccn(CCCCCCCCCCC)c1CCCCCCCCCCC. The Morgan fingerprint density at radius 3 is 1.09 bits per heavy atom. The third-order valence-corrected chi connectivity index (χ3v) is 10.1. The molecule has 0 atom stereocenters. The number of rotatable bonds is 36. The maximum Gasteiger partial charge on any atom is 0.256 e. The molecule has 2 nitrogen and oxygen atoms in total. The Balaban J connectivity index is 2.25. The molecule has 1 rings (SSSR count). The summed E-state index contributed by atoms with van der Waals surface area (Å²) in [6.07, 6.45) is 53.4. The molecule has 0 saturated heterocycles. The van der Waals surface area contributed by atoms with E-state index in [2.05, 4.69) is 42.3 Å². The molecule has 0 aliphatic rings. The summed E-state index contributed by atoms with van der Waals surface area (Å²) < 4.78 is 5.28. The van der Waals surface area contributed by atoms with Crippen molar-refractivity contribution in [2.24, 2.45) is 0 Å². The van der Waals surface area contributed by atoms with Gasteiger partial charge in [0.2, 0.25) is 0 Å². The minimum atomic E-state index is 1.23. The molecule has 0 bridgehead atoms. The first-order valence-corrected chi connectivity index (χ1v) is 20.9. The lowest BCUT2D eigenvalue weighted by atomic mass is 10.0. The van der Waals surface area contributed by atoms with Crippen LogP contribution in [-0.2, 0) is 19.5 Å². The Hall–Kier alpha value is -0.790. The molecule has 260 valence electrons. The van der Waals surface area contributed by atoms with Gasteiger partial charge >= 0.3 is 0 Å². The summed E-state index contributed by atoms with van der Waals surface area (Å²) in [6.45, 7) is 9.41. The molecule has 2 heteroatoms. The zero-order valence-electron chi connectivity index (χ0n) is 31.0. The van der Waals surface area contributed by atoms with Crippen LogP contribution in [0.15, 0.2) is 12.4 Å². The van der Waals surface area contributed by atoms with Crippen LogP contribution in [0.3, 0.4) is 0 Å². The molecule has 0 fully saturated rings. The van der Waals surface area contributed by atoms with E-state index in [-0.39, 0.29) is 0 Å². The standard InChI is InChI=1S/C42H83N2/c1-4-7-10-13-16-19-20-21-22-23-24-27-30-33-36-39-44-41-40-43(38-35-32-29-26-18-15-12-9-6-3)42(44)37-34-31-28-25-17-14-11-8-5-2/h40-41H,4-39H2,1-3H3/q+1. The minimum Gasteiger partial charge on any atom is -0.234 e. The van der Waals surface area contributed by atoms with Crippen molar-refractivity contribution in [2.75, 3.05) is 0 Å². The summed E-state index contributed by atoms with van der Waals surface area (Å²) in [5.74, 6) is 1.62. The zero-order chi connectivity index (χ0) is 31.6. The van der Waals surface area contributed by atoms with Gasteiger partial charge in [-0.1, -0.05) is 201 Å². The van der Waals surface area contributed by atoms with E-state index in [1.54, 1.807) is 5.82 Å². The van der Waals surface area contributed by atoms with E-state index in [0.29, 0.717) is 0 Å². The van der Waals surface area contributed by atoms with Crippen LogP contribution in [0.1, 0.15) is 238 Å². The van der Waals surface area contributed by atoms with Gasteiger partial charge in [-0.3, -0.25) is 0 Å². The van der Waals surface area contributed by atoms with E-state index in [9.17, 15) is 0 Å². The molecule has 1 heterocycles. The van der Waals surface area contributed by atoms with Crippen LogP contribution in [0.5, 0.6) is 0 Å². The first kappa shape index (κ1) is 41.2. The molecule has 0 N–H and O–H groups in total. The van der Waals surface area contributed by atoms with Gasteiger partial charge in [-0.25, -0.2) is 9.13 Å². The van der Waals surface area contributed by atoms with Crippen molar-refractivity contribution >= 4 is 0 Å². The second kappa shape index (κ2) is 33.6. The van der Waals surface area contributed by atoms with Crippen molar-refractivity contribution in [3.8, 4) is 0 Å². The van der Waals surface area contributed by atoms with Gasteiger partial charge in [-0.15, -0.1) is 0 Å². The Morgan fingerprint density at radius 1 is 0.386 bits per heavy atom. The van der Waals surface area contributed by atoms with E-state index in [0.717, 1.165) is 0 Å². The van der Waals surface area contributed by atoms with E-state index in [1.165, 1.54) is 231 Å². The fourth-order valence-corrected chi connectivity index (χ4v) is 7.03. The van der Waals surface area contributed by atoms with Crippen LogP contribution in [0.4, 0.5) is 0 Å². The molecule has 44 heavy (non-hydrogen) atoms. The minimum absolute atomic E-state index is 1.23. The highest BCUT2D eigenvalue weighted by molar-refractivity contribution is 4.84. The van der Waals surface area contributed by atoms with E-state index in [1.807, 2.05) is 0 Å². The highest BCUT2D eigenvalue weighted by atomic mass is 15.1. The topological polar surface area (TPSA) is 8.81 Å². The van der Waals surface area contributed by atoms with Gasteiger partial charge in [0.15, 0.2) is 0 Å². The monoisotopic (exact) mass is 616 g/mol. The van der Waals surface area contributed by atoms with Crippen LogP contribution in [0.2, 0.25) is 0 Å². The summed E-state index contributed by atoms with van der Waals surface area (Å²) in [5, 5.41) is 0. The predicted molar refractivity (Wildman–Crippen MR) is 198 cm³/mol. The summed E-state index contributed by atoms with van der Waals surface area (Å²) in [4.78, 5) is 0. The molecule has 0 saturated carbocycles. The van der Waals surface area contributed by atoms with Crippen LogP contribution in [0, 0.1) is 0 Å².